The number of aromatic nitrogens is 3. The van der Waals surface area contributed by atoms with Crippen LogP contribution in [0, 0.1) is 0 Å². The maximum Gasteiger partial charge on any atom is 0.358 e. The molecular weight excluding hydrogens is 176 g/mol. The first-order valence-corrected chi connectivity index (χ1v) is 3.65. The van der Waals surface area contributed by atoms with Gasteiger partial charge in [-0.05, 0) is 0 Å². The van der Waals surface area contributed by atoms with E-state index in [2.05, 4.69) is 15.6 Å². The van der Waals surface area contributed by atoms with Crippen LogP contribution in [0.5, 0.6) is 0 Å². The topological polar surface area (TPSA) is 97.1 Å². The summed E-state index contributed by atoms with van der Waals surface area (Å²) in [7, 11) is 0. The average Bonchev–Trinajstić information content (AvgIpc) is 2.49. The van der Waals surface area contributed by atoms with E-state index in [1.54, 1.807) is 0 Å². The van der Waals surface area contributed by atoms with E-state index in [0.29, 0.717) is 13.1 Å². The Kier molecular flexibility index (Phi) is 1.51. The maximum absolute atomic E-state index is 11.2. The van der Waals surface area contributed by atoms with Crippen molar-refractivity contribution < 1.29 is 14.7 Å². The largest absolute Gasteiger partial charge is 0.476 e. The van der Waals surface area contributed by atoms with E-state index in [4.69, 9.17) is 5.11 Å². The van der Waals surface area contributed by atoms with Crippen LogP contribution in [0.4, 0.5) is 0 Å². The molecule has 0 fully saturated rings. The zero-order valence-corrected chi connectivity index (χ0v) is 6.52. The summed E-state index contributed by atoms with van der Waals surface area (Å²) in [6.07, 6.45) is 0. The predicted molar refractivity (Wildman–Crippen MR) is 39.3 cm³/mol. The molecule has 0 aliphatic carbocycles. The minimum Gasteiger partial charge on any atom is -0.476 e. The van der Waals surface area contributed by atoms with E-state index in [1.165, 1.54) is 4.68 Å². The third kappa shape index (κ3) is 1.05. The summed E-state index contributed by atoms with van der Waals surface area (Å²) in [5.41, 5.74) is -0.268. The number of hydrogen-bond acceptors (Lipinski definition) is 4. The van der Waals surface area contributed by atoms with Gasteiger partial charge in [0.25, 0.3) is 5.91 Å². The summed E-state index contributed by atoms with van der Waals surface area (Å²) in [6, 6.07) is 0. The van der Waals surface area contributed by atoms with Gasteiger partial charge in [0.2, 0.25) is 5.69 Å². The molecule has 1 aromatic heterocycles. The summed E-state index contributed by atoms with van der Waals surface area (Å²) in [5.74, 6) is -1.67. The van der Waals surface area contributed by atoms with Crippen LogP contribution in [0.1, 0.15) is 21.0 Å². The number of carbonyl (C=O) groups excluding carboxylic acids is 1. The molecule has 2 heterocycles. The van der Waals surface area contributed by atoms with E-state index in [1.807, 2.05) is 0 Å². The molecule has 0 saturated carbocycles. The second-order valence-corrected chi connectivity index (χ2v) is 2.57. The van der Waals surface area contributed by atoms with Gasteiger partial charge in [0.15, 0.2) is 5.69 Å². The molecule has 2 rings (SSSR count). The van der Waals surface area contributed by atoms with Crippen LogP contribution in [0.2, 0.25) is 0 Å². The van der Waals surface area contributed by atoms with Crippen LogP contribution in [0.15, 0.2) is 0 Å². The van der Waals surface area contributed by atoms with Crippen molar-refractivity contribution in [1.82, 2.24) is 20.3 Å². The van der Waals surface area contributed by atoms with Crippen molar-refractivity contribution in [3.8, 4) is 0 Å². The summed E-state index contributed by atoms with van der Waals surface area (Å²) in [6.45, 7) is 0.912. The highest BCUT2D eigenvalue weighted by molar-refractivity contribution is 6.02. The Morgan fingerprint density at radius 2 is 2.38 bits per heavy atom. The number of rotatable bonds is 1. The Morgan fingerprint density at radius 1 is 1.62 bits per heavy atom. The number of carboxylic acids is 1. The lowest BCUT2D eigenvalue weighted by Crippen LogP contribution is -2.36. The highest BCUT2D eigenvalue weighted by atomic mass is 16.4. The minimum atomic E-state index is -1.24. The Bertz CT molecular complexity index is 383. The molecule has 0 saturated heterocycles. The Morgan fingerprint density at radius 3 is 3.08 bits per heavy atom. The second-order valence-electron chi connectivity index (χ2n) is 2.57. The lowest BCUT2D eigenvalue weighted by molar-refractivity contribution is 0.0683. The number of hydrogen-bond donors (Lipinski definition) is 2. The monoisotopic (exact) mass is 182 g/mol. The van der Waals surface area contributed by atoms with Crippen molar-refractivity contribution in [1.29, 1.82) is 0 Å². The SMILES string of the molecule is O=C(O)c1nnn2c1C(=O)NCC2. The van der Waals surface area contributed by atoms with Gasteiger partial charge >= 0.3 is 5.97 Å². The molecule has 0 atom stereocenters. The van der Waals surface area contributed by atoms with E-state index in [9.17, 15) is 9.59 Å². The summed E-state index contributed by atoms with van der Waals surface area (Å²) in [5, 5.41) is 18.1. The number of amides is 1. The quantitative estimate of drug-likeness (QED) is 0.563. The highest BCUT2D eigenvalue weighted by Crippen LogP contribution is 2.07. The second kappa shape index (κ2) is 2.54. The normalized spacial score (nSPS) is 14.9. The molecular formula is C6H6N4O3. The minimum absolute atomic E-state index is 0.0266. The fourth-order valence-electron chi connectivity index (χ4n) is 1.20. The number of nitrogens with one attached hydrogen (secondary N) is 1. The van der Waals surface area contributed by atoms with Crippen LogP contribution < -0.4 is 5.32 Å². The van der Waals surface area contributed by atoms with Crippen molar-refractivity contribution >= 4 is 11.9 Å². The molecule has 0 bridgehead atoms. The van der Waals surface area contributed by atoms with Crippen molar-refractivity contribution in [2.75, 3.05) is 6.54 Å². The number of carboxylic acid groups (broad SMARTS) is 1. The number of fused-ring (bicyclic) bond motifs is 1. The molecule has 1 aromatic rings. The molecule has 0 aromatic carbocycles. The van der Waals surface area contributed by atoms with E-state index in [-0.39, 0.29) is 11.4 Å². The molecule has 1 aliphatic rings. The fourth-order valence-corrected chi connectivity index (χ4v) is 1.20. The first kappa shape index (κ1) is 7.71. The lowest BCUT2D eigenvalue weighted by atomic mass is 10.2. The van der Waals surface area contributed by atoms with Gasteiger partial charge in [-0.25, -0.2) is 9.48 Å². The first-order chi connectivity index (χ1) is 6.20. The van der Waals surface area contributed by atoms with E-state index >= 15 is 0 Å². The third-order valence-corrected chi connectivity index (χ3v) is 1.76. The zero-order chi connectivity index (χ0) is 9.42. The number of carbonyl (C=O) groups is 2. The van der Waals surface area contributed by atoms with Gasteiger partial charge in [0.1, 0.15) is 0 Å². The van der Waals surface area contributed by atoms with Crippen LogP contribution in [-0.2, 0) is 6.54 Å². The van der Waals surface area contributed by atoms with E-state index in [0.717, 1.165) is 0 Å². The number of nitrogens with zero attached hydrogens (tertiary/aromatic N) is 3. The Labute approximate surface area is 72.3 Å². The zero-order valence-electron chi connectivity index (χ0n) is 6.52. The molecule has 7 heteroatoms. The van der Waals surface area contributed by atoms with Gasteiger partial charge in [-0.15, -0.1) is 5.10 Å². The summed E-state index contributed by atoms with van der Waals surface area (Å²) in [4.78, 5) is 21.8. The summed E-state index contributed by atoms with van der Waals surface area (Å²) >= 11 is 0. The average molecular weight is 182 g/mol. The smallest absolute Gasteiger partial charge is 0.358 e. The van der Waals surface area contributed by atoms with Gasteiger partial charge in [-0.3, -0.25) is 4.79 Å². The van der Waals surface area contributed by atoms with Gasteiger partial charge < -0.3 is 10.4 Å². The van der Waals surface area contributed by atoms with Crippen LogP contribution in [0.25, 0.3) is 0 Å². The van der Waals surface area contributed by atoms with Gasteiger partial charge in [-0.1, -0.05) is 5.21 Å². The Balaban J connectivity index is 2.56. The van der Waals surface area contributed by atoms with E-state index < -0.39 is 11.9 Å². The third-order valence-electron chi connectivity index (χ3n) is 1.76. The molecule has 68 valence electrons. The van der Waals surface area contributed by atoms with Crippen LogP contribution in [0.3, 0.4) is 0 Å². The van der Waals surface area contributed by atoms with Crippen molar-refractivity contribution in [2.45, 2.75) is 6.54 Å². The van der Waals surface area contributed by atoms with Gasteiger partial charge in [0.05, 0.1) is 6.54 Å². The molecule has 0 unspecified atom stereocenters. The molecule has 13 heavy (non-hydrogen) atoms. The number of aromatic carboxylic acids is 1. The van der Waals surface area contributed by atoms with Crippen LogP contribution >= 0.6 is 0 Å². The predicted octanol–water partition coefficient (Wildman–Crippen LogP) is -1.28. The fraction of sp³-hybridized carbons (Fsp3) is 0.333. The molecule has 0 radical (unpaired) electrons. The molecule has 1 amide bonds. The molecule has 7 nitrogen and oxygen atoms in total. The highest BCUT2D eigenvalue weighted by Gasteiger charge is 2.27. The van der Waals surface area contributed by atoms with Crippen molar-refractivity contribution in [2.24, 2.45) is 0 Å². The lowest BCUT2D eigenvalue weighted by Gasteiger charge is -2.12. The van der Waals surface area contributed by atoms with Crippen molar-refractivity contribution in [3.05, 3.63) is 11.4 Å². The van der Waals surface area contributed by atoms with Crippen molar-refractivity contribution in [3.63, 3.8) is 0 Å². The molecule has 1 aliphatic heterocycles. The first-order valence-electron chi connectivity index (χ1n) is 3.65. The molecule has 0 spiro atoms. The van der Waals surface area contributed by atoms with Gasteiger partial charge in [-0.2, -0.15) is 0 Å². The maximum atomic E-state index is 11.2. The van der Waals surface area contributed by atoms with Crippen LogP contribution in [-0.4, -0.2) is 38.5 Å². The van der Waals surface area contributed by atoms with Gasteiger partial charge in [0, 0.05) is 6.54 Å². The Hall–Kier alpha value is -1.92. The standard InChI is InChI=1S/C6H6N4O3/c11-5-4-3(6(12)13)8-9-10(4)2-1-7-5/h1-2H2,(H,7,11)(H,12,13). The summed E-state index contributed by atoms with van der Waals surface area (Å²) < 4.78 is 1.29. The molecule has 2 N–H and O–H groups in total.